The summed E-state index contributed by atoms with van der Waals surface area (Å²) in [6.07, 6.45) is -6.06. The van der Waals surface area contributed by atoms with Crippen molar-refractivity contribution in [1.29, 1.82) is 0 Å². The number of aliphatic hydroxyl groups is 4. The van der Waals surface area contributed by atoms with Crippen molar-refractivity contribution in [3.8, 4) is 0 Å². The molecule has 1 unspecified atom stereocenters. The second-order valence-corrected chi connectivity index (χ2v) is 5.06. The quantitative estimate of drug-likeness (QED) is 0.605. The summed E-state index contributed by atoms with van der Waals surface area (Å²) < 4.78 is 10.8. The summed E-state index contributed by atoms with van der Waals surface area (Å²) in [5.74, 6) is 0. The molecule has 112 valence electrons. The summed E-state index contributed by atoms with van der Waals surface area (Å²) in [6, 6.07) is 6.66. The van der Waals surface area contributed by atoms with Gasteiger partial charge in [-0.1, -0.05) is 23.7 Å². The fraction of sp³-hybridized carbons (Fsp3) is 0.538. The van der Waals surface area contributed by atoms with E-state index in [0.717, 1.165) is 0 Å². The molecule has 1 aromatic rings. The Hall–Kier alpha value is -0.730. The van der Waals surface area contributed by atoms with Crippen LogP contribution in [0.25, 0.3) is 0 Å². The summed E-state index contributed by atoms with van der Waals surface area (Å²) >= 11 is 5.80. The predicted molar refractivity (Wildman–Crippen MR) is 70.1 cm³/mol. The van der Waals surface area contributed by atoms with Crippen molar-refractivity contribution in [2.75, 3.05) is 13.2 Å². The van der Waals surface area contributed by atoms with Gasteiger partial charge in [0.15, 0.2) is 6.29 Å². The fourth-order valence-electron chi connectivity index (χ4n) is 1.96. The van der Waals surface area contributed by atoms with Gasteiger partial charge >= 0.3 is 0 Å². The van der Waals surface area contributed by atoms with E-state index < -0.39 is 37.3 Å². The average Bonchev–Trinajstić information content (AvgIpc) is 2.46. The molecule has 0 aliphatic carbocycles. The zero-order chi connectivity index (χ0) is 14.7. The highest BCUT2D eigenvalue weighted by molar-refractivity contribution is 6.30. The lowest BCUT2D eigenvalue weighted by atomic mass is 10.0. The Morgan fingerprint density at radius 1 is 1.10 bits per heavy atom. The van der Waals surface area contributed by atoms with Crippen LogP contribution in [0.2, 0.25) is 5.02 Å². The van der Waals surface area contributed by atoms with Crippen LogP contribution in [0.5, 0.6) is 0 Å². The topological polar surface area (TPSA) is 99.4 Å². The molecule has 2 rings (SSSR count). The van der Waals surface area contributed by atoms with Gasteiger partial charge in [-0.15, -0.1) is 0 Å². The molecule has 0 amide bonds. The smallest absolute Gasteiger partial charge is 0.184 e. The molecule has 0 spiro atoms. The highest BCUT2D eigenvalue weighted by Crippen LogP contribution is 2.26. The van der Waals surface area contributed by atoms with Gasteiger partial charge in [0.1, 0.15) is 24.4 Å². The van der Waals surface area contributed by atoms with Crippen molar-refractivity contribution >= 4 is 11.6 Å². The first kappa shape index (κ1) is 15.7. The SMILES string of the molecule is OC[C@H]1OC(c2ccc(Cl)cc2)OC[C@H](O)[C@H](O)[C@H]1O. The van der Waals surface area contributed by atoms with Crippen LogP contribution in [0.1, 0.15) is 11.9 Å². The third kappa shape index (κ3) is 3.48. The molecular formula is C13H17ClO6. The standard InChI is InChI=1S/C13H17ClO6/c14-8-3-1-7(2-4-8)13-19-6-9(16)11(17)12(18)10(5-15)20-13/h1-4,9-13,15-18H,5-6H2/t9-,10+,11-,12-,13?/m0/s1. The van der Waals surface area contributed by atoms with Crippen LogP contribution >= 0.6 is 11.6 Å². The largest absolute Gasteiger partial charge is 0.394 e. The van der Waals surface area contributed by atoms with E-state index in [-0.39, 0.29) is 6.61 Å². The summed E-state index contributed by atoms with van der Waals surface area (Å²) in [7, 11) is 0. The van der Waals surface area contributed by atoms with Gasteiger partial charge in [0, 0.05) is 10.6 Å². The van der Waals surface area contributed by atoms with E-state index in [9.17, 15) is 20.4 Å². The van der Waals surface area contributed by atoms with Crippen LogP contribution in [0.4, 0.5) is 0 Å². The van der Waals surface area contributed by atoms with Gasteiger partial charge in [-0.05, 0) is 12.1 Å². The fourth-order valence-corrected chi connectivity index (χ4v) is 2.08. The Labute approximate surface area is 121 Å². The minimum absolute atomic E-state index is 0.205. The minimum atomic E-state index is -1.45. The average molecular weight is 305 g/mol. The molecule has 0 bridgehead atoms. The number of hydrogen-bond donors (Lipinski definition) is 4. The third-order valence-electron chi connectivity index (χ3n) is 3.16. The molecule has 0 aromatic heterocycles. The van der Waals surface area contributed by atoms with Crippen molar-refractivity contribution in [2.24, 2.45) is 0 Å². The molecule has 7 heteroatoms. The maximum absolute atomic E-state index is 9.85. The van der Waals surface area contributed by atoms with Crippen molar-refractivity contribution in [3.05, 3.63) is 34.9 Å². The van der Waals surface area contributed by atoms with Crippen molar-refractivity contribution in [3.63, 3.8) is 0 Å². The zero-order valence-electron chi connectivity index (χ0n) is 10.6. The minimum Gasteiger partial charge on any atom is -0.394 e. The summed E-state index contributed by atoms with van der Waals surface area (Å²) in [5.41, 5.74) is 0.628. The molecule has 1 aromatic carbocycles. The van der Waals surface area contributed by atoms with Crippen molar-refractivity contribution in [1.82, 2.24) is 0 Å². The van der Waals surface area contributed by atoms with Gasteiger partial charge in [-0.3, -0.25) is 0 Å². The van der Waals surface area contributed by atoms with Gasteiger partial charge in [0.05, 0.1) is 13.2 Å². The molecule has 4 N–H and O–H groups in total. The van der Waals surface area contributed by atoms with Crippen LogP contribution in [-0.4, -0.2) is 58.1 Å². The molecule has 20 heavy (non-hydrogen) atoms. The van der Waals surface area contributed by atoms with E-state index in [2.05, 4.69) is 0 Å². The van der Waals surface area contributed by atoms with E-state index in [1.165, 1.54) is 0 Å². The first-order chi connectivity index (χ1) is 9.52. The van der Waals surface area contributed by atoms with Crippen LogP contribution < -0.4 is 0 Å². The van der Waals surface area contributed by atoms with Gasteiger partial charge in [-0.25, -0.2) is 0 Å². The third-order valence-corrected chi connectivity index (χ3v) is 3.42. The summed E-state index contributed by atoms with van der Waals surface area (Å²) in [4.78, 5) is 0. The van der Waals surface area contributed by atoms with Gasteiger partial charge in [-0.2, -0.15) is 0 Å². The molecule has 6 nitrogen and oxygen atoms in total. The Kier molecular flexibility index (Phi) is 5.34. The first-order valence-electron chi connectivity index (χ1n) is 6.20. The van der Waals surface area contributed by atoms with Crippen LogP contribution in [-0.2, 0) is 9.47 Å². The van der Waals surface area contributed by atoms with E-state index in [1.54, 1.807) is 24.3 Å². The van der Waals surface area contributed by atoms with E-state index >= 15 is 0 Å². The maximum atomic E-state index is 9.85. The highest BCUT2D eigenvalue weighted by Gasteiger charge is 2.36. The Balaban J connectivity index is 2.19. The first-order valence-corrected chi connectivity index (χ1v) is 6.58. The summed E-state index contributed by atoms with van der Waals surface area (Å²) in [5, 5.41) is 39.0. The van der Waals surface area contributed by atoms with E-state index in [0.29, 0.717) is 10.6 Å². The summed E-state index contributed by atoms with van der Waals surface area (Å²) in [6.45, 7) is -0.720. The maximum Gasteiger partial charge on any atom is 0.184 e. The van der Waals surface area contributed by atoms with Crippen molar-refractivity contribution in [2.45, 2.75) is 30.7 Å². The van der Waals surface area contributed by atoms with Crippen molar-refractivity contribution < 1.29 is 29.9 Å². The lowest BCUT2D eigenvalue weighted by Crippen LogP contribution is -2.51. The number of rotatable bonds is 2. The Morgan fingerprint density at radius 2 is 1.75 bits per heavy atom. The van der Waals surface area contributed by atoms with Crippen LogP contribution in [0.3, 0.4) is 0 Å². The normalized spacial score (nSPS) is 35.4. The zero-order valence-corrected chi connectivity index (χ0v) is 11.3. The lowest BCUT2D eigenvalue weighted by molar-refractivity contribution is -0.256. The molecule has 1 fully saturated rings. The van der Waals surface area contributed by atoms with Gasteiger partial charge < -0.3 is 29.9 Å². The second kappa shape index (κ2) is 6.82. The number of benzene rings is 1. The molecule has 1 saturated heterocycles. The Morgan fingerprint density at radius 3 is 2.35 bits per heavy atom. The van der Waals surface area contributed by atoms with Crippen LogP contribution in [0, 0.1) is 0 Å². The number of hydrogen-bond acceptors (Lipinski definition) is 6. The monoisotopic (exact) mass is 304 g/mol. The molecule has 5 atom stereocenters. The molecule has 1 aliphatic heterocycles. The molecular weight excluding hydrogens is 288 g/mol. The molecule has 1 heterocycles. The number of aliphatic hydroxyl groups excluding tert-OH is 4. The van der Waals surface area contributed by atoms with Gasteiger partial charge in [0.25, 0.3) is 0 Å². The molecule has 0 saturated carbocycles. The van der Waals surface area contributed by atoms with E-state index in [4.69, 9.17) is 21.1 Å². The van der Waals surface area contributed by atoms with E-state index in [1.807, 2.05) is 0 Å². The Bertz CT molecular complexity index is 425. The van der Waals surface area contributed by atoms with Gasteiger partial charge in [0.2, 0.25) is 0 Å². The lowest BCUT2D eigenvalue weighted by Gasteiger charge is -2.34. The predicted octanol–water partition coefficient (Wildman–Crippen LogP) is -0.171. The number of halogens is 1. The highest BCUT2D eigenvalue weighted by atomic mass is 35.5. The van der Waals surface area contributed by atoms with Crippen LogP contribution in [0.15, 0.2) is 24.3 Å². The second-order valence-electron chi connectivity index (χ2n) is 4.62. The molecule has 1 aliphatic rings. The number of ether oxygens (including phenoxy) is 2. The molecule has 0 radical (unpaired) electrons.